The summed E-state index contributed by atoms with van der Waals surface area (Å²) in [4.78, 5) is 16.3. The Balaban J connectivity index is 0.00000220. The van der Waals surface area contributed by atoms with Gasteiger partial charge in [0.25, 0.3) is 0 Å². The molecule has 1 saturated heterocycles. The lowest BCUT2D eigenvalue weighted by atomic mass is 9.86. The third-order valence-corrected chi connectivity index (χ3v) is 3.67. The molecule has 1 aliphatic rings. The molecule has 0 aromatic carbocycles. The number of carbonyl (C=O) groups excluding carboxylic acids is 1. The van der Waals surface area contributed by atoms with Crippen LogP contribution in [0.25, 0.3) is 0 Å². The molecule has 0 spiro atoms. The summed E-state index contributed by atoms with van der Waals surface area (Å²) in [6.07, 6.45) is 1.66. The Bertz CT molecular complexity index is 458. The molecule has 126 valence electrons. The zero-order chi connectivity index (χ0) is 14.8. The molecular weight excluding hydrogens is 325 g/mol. The van der Waals surface area contributed by atoms with Gasteiger partial charge in [-0.1, -0.05) is 20.8 Å². The summed E-state index contributed by atoms with van der Waals surface area (Å²) >= 11 is 0. The van der Waals surface area contributed by atoms with Crippen LogP contribution >= 0.6 is 24.8 Å². The van der Waals surface area contributed by atoms with E-state index in [1.165, 1.54) is 0 Å². The second kappa shape index (κ2) is 8.50. The van der Waals surface area contributed by atoms with Crippen LogP contribution in [0.3, 0.4) is 0 Å². The van der Waals surface area contributed by atoms with Crippen LogP contribution in [0, 0.1) is 5.41 Å². The molecule has 2 N–H and O–H groups in total. The van der Waals surface area contributed by atoms with Gasteiger partial charge in [-0.2, -0.15) is 5.10 Å². The van der Waals surface area contributed by atoms with Gasteiger partial charge in [-0.05, 0) is 17.5 Å². The summed E-state index contributed by atoms with van der Waals surface area (Å²) in [6, 6.07) is 3.35. The maximum absolute atomic E-state index is 12.3. The van der Waals surface area contributed by atoms with Crippen molar-refractivity contribution in [2.24, 2.45) is 11.1 Å². The maximum Gasteiger partial charge on any atom is 0.240 e. The highest BCUT2D eigenvalue weighted by Crippen LogP contribution is 2.20. The van der Waals surface area contributed by atoms with Crippen molar-refractivity contribution in [2.75, 3.05) is 31.1 Å². The molecule has 1 atom stereocenters. The molecule has 1 aliphatic heterocycles. The second-order valence-electron chi connectivity index (χ2n) is 6.24. The highest BCUT2D eigenvalue weighted by atomic mass is 35.5. The number of aromatic nitrogens is 2. The van der Waals surface area contributed by atoms with Crippen molar-refractivity contribution in [2.45, 2.75) is 26.8 Å². The van der Waals surface area contributed by atoms with Gasteiger partial charge in [0.1, 0.15) is 0 Å². The molecule has 8 heteroatoms. The van der Waals surface area contributed by atoms with Crippen LogP contribution in [0.4, 0.5) is 5.82 Å². The van der Waals surface area contributed by atoms with E-state index in [0.717, 1.165) is 18.9 Å². The van der Waals surface area contributed by atoms with Gasteiger partial charge in [0.05, 0.1) is 6.04 Å². The topological polar surface area (TPSA) is 75.4 Å². The molecular formula is C14H25Cl2N5O. The lowest BCUT2D eigenvalue weighted by Gasteiger charge is -2.38. The normalized spacial score (nSPS) is 16.4. The van der Waals surface area contributed by atoms with Crippen molar-refractivity contribution in [3.05, 3.63) is 18.3 Å². The Labute approximate surface area is 144 Å². The molecule has 2 heterocycles. The monoisotopic (exact) mass is 349 g/mol. The first kappa shape index (κ1) is 20.9. The van der Waals surface area contributed by atoms with Gasteiger partial charge < -0.3 is 15.5 Å². The molecule has 0 bridgehead atoms. The van der Waals surface area contributed by atoms with Crippen LogP contribution in [-0.2, 0) is 4.79 Å². The minimum absolute atomic E-state index is 0. The fourth-order valence-corrected chi connectivity index (χ4v) is 2.19. The third kappa shape index (κ3) is 4.97. The maximum atomic E-state index is 12.3. The van der Waals surface area contributed by atoms with E-state index in [4.69, 9.17) is 5.73 Å². The highest BCUT2D eigenvalue weighted by molar-refractivity contribution is 5.85. The quantitative estimate of drug-likeness (QED) is 0.871. The van der Waals surface area contributed by atoms with Gasteiger partial charge in [0.2, 0.25) is 5.91 Å². The summed E-state index contributed by atoms with van der Waals surface area (Å²) in [7, 11) is 0. The smallest absolute Gasteiger partial charge is 0.240 e. The highest BCUT2D eigenvalue weighted by Gasteiger charge is 2.32. The molecule has 0 saturated carbocycles. The van der Waals surface area contributed by atoms with Crippen LogP contribution in [0.5, 0.6) is 0 Å². The minimum Gasteiger partial charge on any atom is -0.352 e. The molecule has 1 fully saturated rings. The zero-order valence-electron chi connectivity index (χ0n) is 13.2. The standard InChI is InChI=1S/C14H23N5O.2ClH/c1-14(2,3)12(15)13(20)19-9-7-18(8-10-19)11-5-4-6-16-17-11;;/h4-6,12H,7-10,15H2,1-3H3;2*1H/t12-;;/m1../s1. The van der Waals surface area contributed by atoms with E-state index in [9.17, 15) is 4.79 Å². The molecule has 0 radical (unpaired) electrons. The Morgan fingerprint density at radius 1 is 1.23 bits per heavy atom. The minimum atomic E-state index is -0.453. The Kier molecular flexibility index (Phi) is 8.07. The Morgan fingerprint density at radius 3 is 2.27 bits per heavy atom. The fraction of sp³-hybridized carbons (Fsp3) is 0.643. The van der Waals surface area contributed by atoms with E-state index in [1.807, 2.05) is 37.8 Å². The molecule has 2 rings (SSSR count). The zero-order valence-corrected chi connectivity index (χ0v) is 14.9. The Morgan fingerprint density at radius 2 is 1.82 bits per heavy atom. The number of hydrogen-bond acceptors (Lipinski definition) is 5. The molecule has 0 aliphatic carbocycles. The predicted octanol–water partition coefficient (Wildman–Crippen LogP) is 1.34. The van der Waals surface area contributed by atoms with Crippen molar-refractivity contribution in [1.29, 1.82) is 0 Å². The van der Waals surface area contributed by atoms with Crippen molar-refractivity contribution in [3.63, 3.8) is 0 Å². The summed E-state index contributed by atoms with van der Waals surface area (Å²) in [5.41, 5.74) is 5.83. The molecule has 22 heavy (non-hydrogen) atoms. The van der Waals surface area contributed by atoms with Gasteiger partial charge in [-0.3, -0.25) is 4.79 Å². The summed E-state index contributed by atoms with van der Waals surface area (Å²) in [5, 5.41) is 7.98. The van der Waals surface area contributed by atoms with Crippen LogP contribution in [-0.4, -0.2) is 53.2 Å². The number of hydrogen-bond donors (Lipinski definition) is 1. The number of halogens is 2. The third-order valence-electron chi connectivity index (χ3n) is 3.67. The number of rotatable bonds is 2. The lowest BCUT2D eigenvalue weighted by molar-refractivity contribution is -0.135. The summed E-state index contributed by atoms with van der Waals surface area (Å²) in [5.74, 6) is 0.899. The Hall–Kier alpha value is -1.11. The van der Waals surface area contributed by atoms with Gasteiger partial charge in [0.15, 0.2) is 5.82 Å². The molecule has 1 amide bonds. The average Bonchev–Trinajstić information content (AvgIpc) is 2.46. The van der Waals surface area contributed by atoms with Crippen LogP contribution in [0.2, 0.25) is 0 Å². The number of carbonyl (C=O) groups is 1. The van der Waals surface area contributed by atoms with Crippen molar-refractivity contribution < 1.29 is 4.79 Å². The average molecular weight is 350 g/mol. The van der Waals surface area contributed by atoms with Crippen LogP contribution < -0.4 is 10.6 Å². The SMILES string of the molecule is CC(C)(C)[C@H](N)C(=O)N1CCN(c2cccnn2)CC1.Cl.Cl. The number of nitrogens with zero attached hydrogens (tertiary/aromatic N) is 4. The summed E-state index contributed by atoms with van der Waals surface area (Å²) < 4.78 is 0. The molecule has 1 aromatic rings. The van der Waals surface area contributed by atoms with E-state index < -0.39 is 6.04 Å². The summed E-state index contributed by atoms with van der Waals surface area (Å²) in [6.45, 7) is 8.86. The first-order valence-electron chi connectivity index (χ1n) is 6.96. The second-order valence-corrected chi connectivity index (χ2v) is 6.24. The van der Waals surface area contributed by atoms with E-state index in [0.29, 0.717) is 13.1 Å². The predicted molar refractivity (Wildman–Crippen MR) is 92.8 cm³/mol. The first-order valence-corrected chi connectivity index (χ1v) is 6.96. The van der Waals surface area contributed by atoms with E-state index >= 15 is 0 Å². The van der Waals surface area contributed by atoms with Crippen molar-refractivity contribution in [1.82, 2.24) is 15.1 Å². The van der Waals surface area contributed by atoms with Gasteiger partial charge in [-0.25, -0.2) is 0 Å². The van der Waals surface area contributed by atoms with E-state index in [1.54, 1.807) is 6.20 Å². The van der Waals surface area contributed by atoms with Crippen LogP contribution in [0.1, 0.15) is 20.8 Å². The lowest BCUT2D eigenvalue weighted by Crippen LogP contribution is -2.56. The number of nitrogens with two attached hydrogens (primary N) is 1. The molecule has 1 aromatic heterocycles. The fourth-order valence-electron chi connectivity index (χ4n) is 2.19. The van der Waals surface area contributed by atoms with Gasteiger partial charge >= 0.3 is 0 Å². The van der Waals surface area contributed by atoms with Gasteiger partial charge in [0, 0.05) is 32.4 Å². The van der Waals surface area contributed by atoms with Crippen molar-refractivity contribution >= 4 is 36.5 Å². The van der Waals surface area contributed by atoms with Gasteiger partial charge in [-0.15, -0.1) is 29.9 Å². The largest absolute Gasteiger partial charge is 0.352 e. The number of anilines is 1. The number of amides is 1. The van der Waals surface area contributed by atoms with Crippen molar-refractivity contribution in [3.8, 4) is 0 Å². The molecule has 0 unspecified atom stereocenters. The number of piperazine rings is 1. The van der Waals surface area contributed by atoms with E-state index in [2.05, 4.69) is 15.1 Å². The molecule has 6 nitrogen and oxygen atoms in total. The van der Waals surface area contributed by atoms with E-state index in [-0.39, 0.29) is 36.1 Å². The van der Waals surface area contributed by atoms with Crippen LogP contribution in [0.15, 0.2) is 18.3 Å². The first-order chi connectivity index (χ1) is 9.39.